The van der Waals surface area contributed by atoms with Gasteiger partial charge in [-0.15, -0.1) is 0 Å². The Labute approximate surface area is 327 Å². The van der Waals surface area contributed by atoms with Crippen molar-refractivity contribution in [2.24, 2.45) is 0 Å². The number of nitrogens with one attached hydrogen (secondary N) is 1. The van der Waals surface area contributed by atoms with E-state index in [0.717, 1.165) is 45.2 Å². The number of rotatable bonds is 36. The van der Waals surface area contributed by atoms with Gasteiger partial charge in [-0.3, -0.25) is 24.0 Å². The largest absolute Gasteiger partial charge is 0.469 e. The molecule has 1 aliphatic rings. The van der Waals surface area contributed by atoms with Gasteiger partial charge in [-0.1, -0.05) is 161 Å². The van der Waals surface area contributed by atoms with Crippen LogP contribution in [0.5, 0.6) is 0 Å². The first-order valence-corrected chi connectivity index (χ1v) is 22.0. The third kappa shape index (κ3) is 21.9. The van der Waals surface area contributed by atoms with Gasteiger partial charge in [-0.25, -0.2) is 4.79 Å². The summed E-state index contributed by atoms with van der Waals surface area (Å²) in [6, 6.07) is 1.26. The number of hydrogen-bond donors (Lipinski definition) is 2. The first-order valence-electron chi connectivity index (χ1n) is 22.0. The van der Waals surface area contributed by atoms with Crippen molar-refractivity contribution in [3.8, 4) is 0 Å². The minimum atomic E-state index is -0.986. The molecule has 0 aliphatic carbocycles. The summed E-state index contributed by atoms with van der Waals surface area (Å²) in [5.41, 5.74) is -1.10. The average molecular weight is 766 g/mol. The fraction of sp³-hybridized carbons (Fsp3) is 0.884. The number of hydroxylamine groups is 2. The molecule has 0 amide bonds. The van der Waals surface area contributed by atoms with E-state index in [-0.39, 0.29) is 12.6 Å². The van der Waals surface area contributed by atoms with Crippen LogP contribution in [0.4, 0.5) is 0 Å². The lowest BCUT2D eigenvalue weighted by Crippen LogP contribution is -2.39. The zero-order valence-electron chi connectivity index (χ0n) is 34.6. The molecule has 2 heterocycles. The maximum atomic E-state index is 12.5. The van der Waals surface area contributed by atoms with E-state index < -0.39 is 35.8 Å². The van der Waals surface area contributed by atoms with E-state index in [9.17, 15) is 19.5 Å². The molecule has 2 N–H and O–H groups in total. The average Bonchev–Trinajstić information content (AvgIpc) is 3.48. The van der Waals surface area contributed by atoms with Crippen molar-refractivity contribution in [3.05, 3.63) is 33.1 Å². The van der Waals surface area contributed by atoms with Crippen molar-refractivity contribution in [2.75, 3.05) is 33.9 Å². The van der Waals surface area contributed by atoms with Gasteiger partial charge in [0.1, 0.15) is 18.3 Å². The molecule has 0 radical (unpaired) electrons. The van der Waals surface area contributed by atoms with Crippen LogP contribution in [0.2, 0.25) is 0 Å². The quantitative estimate of drug-likeness (QED) is 0.0390. The Kier molecular flexibility index (Phi) is 28.6. The summed E-state index contributed by atoms with van der Waals surface area (Å²) in [5.74, 6) is -0.100. The third-order valence-corrected chi connectivity index (χ3v) is 10.9. The Morgan fingerprint density at radius 1 is 0.722 bits per heavy atom. The summed E-state index contributed by atoms with van der Waals surface area (Å²) < 4.78 is 17.6. The SMILES string of the molecule is CCCCCCCCCCCCCCCCN(CCCCCCCCCCCCCCCC(=O)OC)OC[C@H]1O[C@@H](n2ccc(=O)[nH]c2=O)[C@@H](OC)C1O. The van der Waals surface area contributed by atoms with Crippen LogP contribution in [0.15, 0.2) is 21.9 Å². The van der Waals surface area contributed by atoms with E-state index in [2.05, 4.69) is 11.9 Å². The molecule has 2 rings (SSSR count). The monoisotopic (exact) mass is 766 g/mol. The number of esters is 1. The standard InChI is InChI=1S/C43H79N3O8/c1-4-5-6-7-8-9-10-11-14-17-20-23-26-29-33-45(34-30-27-24-21-18-15-12-13-16-19-22-25-28-31-39(48)51-2)53-36-37-40(49)41(52-3)42(54-37)46-35-32-38(47)44-43(46)50/h32,35,37,40-42,49H,4-31,33-34,36H2,1-3H3,(H,44,47,50)/t37-,40?,41+,42-/m1/s1. The minimum absolute atomic E-state index is 0.100. The van der Waals surface area contributed by atoms with Crippen LogP contribution < -0.4 is 11.2 Å². The third-order valence-electron chi connectivity index (χ3n) is 10.9. The molecule has 1 aromatic rings. The maximum Gasteiger partial charge on any atom is 0.330 e. The highest BCUT2D eigenvalue weighted by Gasteiger charge is 2.45. The summed E-state index contributed by atoms with van der Waals surface area (Å²) in [6.07, 6.45) is 32.8. The number of aliphatic hydroxyl groups is 1. The first kappa shape index (κ1) is 48.1. The van der Waals surface area contributed by atoms with Crippen molar-refractivity contribution in [1.29, 1.82) is 0 Å². The van der Waals surface area contributed by atoms with Crippen molar-refractivity contribution >= 4 is 5.97 Å². The highest BCUT2D eigenvalue weighted by Crippen LogP contribution is 2.31. The number of ether oxygens (including phenoxy) is 3. The molecule has 0 bridgehead atoms. The van der Waals surface area contributed by atoms with Gasteiger partial charge in [0.25, 0.3) is 5.56 Å². The summed E-state index contributed by atoms with van der Waals surface area (Å²) in [5, 5.41) is 13.1. The highest BCUT2D eigenvalue weighted by atomic mass is 16.7. The zero-order valence-corrected chi connectivity index (χ0v) is 34.6. The second-order valence-corrected chi connectivity index (χ2v) is 15.5. The van der Waals surface area contributed by atoms with Gasteiger partial charge in [-0.05, 0) is 19.3 Å². The van der Waals surface area contributed by atoms with Crippen molar-refractivity contribution < 1.29 is 28.9 Å². The Hall–Kier alpha value is -2.05. The number of nitrogens with zero attached hydrogens (tertiary/aromatic N) is 2. The number of aromatic nitrogens is 2. The number of carbonyl (C=O) groups is 1. The van der Waals surface area contributed by atoms with Crippen LogP contribution in [0.25, 0.3) is 0 Å². The van der Waals surface area contributed by atoms with Crippen molar-refractivity contribution in [3.63, 3.8) is 0 Å². The van der Waals surface area contributed by atoms with Gasteiger partial charge in [0.05, 0.1) is 13.7 Å². The molecular formula is C43H79N3O8. The van der Waals surface area contributed by atoms with E-state index in [1.54, 1.807) is 0 Å². The molecule has 1 aliphatic heterocycles. The van der Waals surface area contributed by atoms with Gasteiger partial charge >= 0.3 is 11.7 Å². The van der Waals surface area contributed by atoms with Crippen LogP contribution in [0.3, 0.4) is 0 Å². The number of unbranched alkanes of at least 4 members (excludes halogenated alkanes) is 25. The summed E-state index contributed by atoms with van der Waals surface area (Å²) in [7, 11) is 2.93. The molecule has 1 aromatic heterocycles. The number of carbonyl (C=O) groups excluding carboxylic acids is 1. The van der Waals surface area contributed by atoms with E-state index >= 15 is 0 Å². The Balaban J connectivity index is 1.67. The molecule has 0 aromatic carbocycles. The summed E-state index contributed by atoms with van der Waals surface area (Å²) in [6.45, 7) is 4.09. The van der Waals surface area contributed by atoms with E-state index in [0.29, 0.717) is 6.42 Å². The highest BCUT2D eigenvalue weighted by molar-refractivity contribution is 5.68. The van der Waals surface area contributed by atoms with Gasteiger partial charge in [0.15, 0.2) is 6.23 Å². The van der Waals surface area contributed by atoms with Crippen LogP contribution in [0, 0.1) is 0 Å². The number of hydrogen-bond acceptors (Lipinski definition) is 9. The predicted molar refractivity (Wildman–Crippen MR) is 217 cm³/mol. The fourth-order valence-electron chi connectivity index (χ4n) is 7.47. The Morgan fingerprint density at radius 3 is 1.59 bits per heavy atom. The Bertz CT molecular complexity index is 1160. The lowest BCUT2D eigenvalue weighted by molar-refractivity contribution is -0.194. The normalized spacial score (nSPS) is 18.5. The maximum absolute atomic E-state index is 12.5. The van der Waals surface area contributed by atoms with Crippen LogP contribution in [-0.2, 0) is 23.8 Å². The molecule has 1 unspecified atom stereocenters. The van der Waals surface area contributed by atoms with Gasteiger partial charge in [-0.2, -0.15) is 5.06 Å². The van der Waals surface area contributed by atoms with E-state index in [1.165, 1.54) is 172 Å². The van der Waals surface area contributed by atoms with Gasteiger partial charge < -0.3 is 19.3 Å². The second-order valence-electron chi connectivity index (χ2n) is 15.5. The van der Waals surface area contributed by atoms with Crippen LogP contribution in [-0.4, -0.2) is 77.9 Å². The Morgan fingerprint density at radius 2 is 1.17 bits per heavy atom. The first-order chi connectivity index (χ1) is 26.4. The topological polar surface area (TPSA) is 132 Å². The van der Waals surface area contributed by atoms with Gasteiger partial charge in [0.2, 0.25) is 0 Å². The number of aliphatic hydroxyl groups excluding tert-OH is 1. The molecular weight excluding hydrogens is 686 g/mol. The van der Waals surface area contributed by atoms with Crippen LogP contribution >= 0.6 is 0 Å². The molecule has 314 valence electrons. The van der Waals surface area contributed by atoms with Gasteiger partial charge in [0, 0.05) is 38.9 Å². The number of methoxy groups -OCH3 is 2. The lowest BCUT2D eigenvalue weighted by Gasteiger charge is -2.24. The molecule has 54 heavy (non-hydrogen) atoms. The summed E-state index contributed by atoms with van der Waals surface area (Å²) >= 11 is 0. The van der Waals surface area contributed by atoms with Crippen LogP contribution in [0.1, 0.15) is 193 Å². The smallest absolute Gasteiger partial charge is 0.330 e. The molecule has 1 fully saturated rings. The number of H-pyrrole nitrogens is 1. The summed E-state index contributed by atoms with van der Waals surface area (Å²) in [4.78, 5) is 43.8. The molecule has 4 atom stereocenters. The second kappa shape index (κ2) is 32.1. The van der Waals surface area contributed by atoms with Crippen molar-refractivity contribution in [2.45, 2.75) is 211 Å². The molecule has 0 spiro atoms. The zero-order chi connectivity index (χ0) is 39.1. The number of aromatic amines is 1. The molecule has 11 heteroatoms. The minimum Gasteiger partial charge on any atom is -0.469 e. The predicted octanol–water partition coefficient (Wildman–Crippen LogP) is 9.16. The fourth-order valence-corrected chi connectivity index (χ4v) is 7.47. The lowest BCUT2D eigenvalue weighted by atomic mass is 10.0. The molecule has 0 saturated carbocycles. The molecule has 11 nitrogen and oxygen atoms in total. The van der Waals surface area contributed by atoms with E-state index in [1.807, 2.05) is 5.06 Å². The van der Waals surface area contributed by atoms with Crippen molar-refractivity contribution in [1.82, 2.24) is 14.6 Å². The molecule has 1 saturated heterocycles. The van der Waals surface area contributed by atoms with E-state index in [4.69, 9.17) is 19.0 Å².